The van der Waals surface area contributed by atoms with Crippen LogP contribution in [0.15, 0.2) is 30.3 Å². The van der Waals surface area contributed by atoms with E-state index in [1.807, 2.05) is 30.3 Å². The van der Waals surface area contributed by atoms with Crippen LogP contribution in [-0.2, 0) is 16.1 Å². The number of hydrogen-bond donors (Lipinski definition) is 1. The zero-order valence-electron chi connectivity index (χ0n) is 10.4. The monoisotopic (exact) mass is 248 g/mol. The predicted octanol–water partition coefficient (Wildman–Crippen LogP) is 1.42. The van der Waals surface area contributed by atoms with Crippen molar-refractivity contribution in [3.8, 4) is 0 Å². The molecule has 0 bridgehead atoms. The van der Waals surface area contributed by atoms with Crippen molar-refractivity contribution in [1.82, 2.24) is 0 Å². The quantitative estimate of drug-likeness (QED) is 0.370. The molecule has 0 amide bonds. The van der Waals surface area contributed by atoms with Crippen molar-refractivity contribution in [2.45, 2.75) is 26.6 Å². The van der Waals surface area contributed by atoms with Crippen LogP contribution < -0.4 is 0 Å². The number of esters is 1. The number of carbonyl (C=O) groups excluding carboxylic acids is 1. The molecule has 1 atom stereocenters. The second kappa shape index (κ2) is 6.69. The Bertz CT molecular complexity index is 451. The van der Waals surface area contributed by atoms with Crippen molar-refractivity contribution in [1.29, 1.82) is 0 Å². The van der Waals surface area contributed by atoms with Crippen LogP contribution in [0.5, 0.6) is 0 Å². The Morgan fingerprint density at radius 1 is 1.39 bits per heavy atom. The van der Waals surface area contributed by atoms with Gasteiger partial charge in [-0.25, -0.2) is 4.79 Å². The Morgan fingerprint density at radius 2 is 2.00 bits per heavy atom. The first-order valence-electron chi connectivity index (χ1n) is 5.67. The maximum absolute atomic E-state index is 11.6. The van der Waals surface area contributed by atoms with Crippen LogP contribution in [0.1, 0.15) is 19.4 Å². The van der Waals surface area contributed by atoms with E-state index in [-0.39, 0.29) is 18.2 Å². The van der Waals surface area contributed by atoms with Crippen LogP contribution in [0.25, 0.3) is 5.53 Å². The average molecular weight is 248 g/mol. The van der Waals surface area contributed by atoms with Gasteiger partial charge in [-0.05, 0) is 11.5 Å². The number of hydrogen-bond acceptors (Lipinski definition) is 3. The SMILES string of the molecule is CC(C)C(O)C(=[N+]=[N-])C(=O)OCc1ccccc1. The van der Waals surface area contributed by atoms with E-state index in [1.54, 1.807) is 13.8 Å². The molecule has 0 aliphatic rings. The largest absolute Gasteiger partial charge is 0.452 e. The molecule has 0 saturated heterocycles. The van der Waals surface area contributed by atoms with Crippen molar-refractivity contribution >= 4 is 11.7 Å². The Kier molecular flexibility index (Phi) is 5.24. The van der Waals surface area contributed by atoms with Gasteiger partial charge in [0.2, 0.25) is 0 Å². The Morgan fingerprint density at radius 3 is 2.50 bits per heavy atom. The lowest BCUT2D eigenvalue weighted by molar-refractivity contribution is -0.143. The molecule has 0 fully saturated rings. The minimum atomic E-state index is -1.14. The van der Waals surface area contributed by atoms with Gasteiger partial charge in [0, 0.05) is 0 Å². The third-order valence-electron chi connectivity index (χ3n) is 2.44. The molecule has 5 heteroatoms. The van der Waals surface area contributed by atoms with Gasteiger partial charge >= 0.3 is 11.7 Å². The Labute approximate surface area is 106 Å². The maximum Gasteiger partial charge on any atom is 0.420 e. The number of rotatable bonds is 5. The fourth-order valence-electron chi connectivity index (χ4n) is 1.33. The highest BCUT2D eigenvalue weighted by molar-refractivity contribution is 6.35. The summed E-state index contributed by atoms with van der Waals surface area (Å²) < 4.78 is 4.96. The summed E-state index contributed by atoms with van der Waals surface area (Å²) in [5.74, 6) is -1.05. The molecule has 0 heterocycles. The van der Waals surface area contributed by atoms with Crippen LogP contribution in [0.2, 0.25) is 0 Å². The van der Waals surface area contributed by atoms with Gasteiger partial charge in [0.15, 0.2) is 6.10 Å². The first-order chi connectivity index (χ1) is 8.56. The van der Waals surface area contributed by atoms with Crippen molar-refractivity contribution in [2.75, 3.05) is 0 Å². The highest BCUT2D eigenvalue weighted by atomic mass is 16.5. The van der Waals surface area contributed by atoms with E-state index in [9.17, 15) is 9.90 Å². The number of carbonyl (C=O) groups is 1. The van der Waals surface area contributed by atoms with E-state index in [4.69, 9.17) is 10.3 Å². The van der Waals surface area contributed by atoms with E-state index in [0.717, 1.165) is 5.56 Å². The molecule has 0 aromatic heterocycles. The van der Waals surface area contributed by atoms with Gasteiger partial charge in [0.05, 0.1) is 0 Å². The maximum atomic E-state index is 11.6. The minimum absolute atomic E-state index is 0.0729. The molecule has 1 unspecified atom stereocenters. The summed E-state index contributed by atoms with van der Waals surface area (Å²) in [6.45, 7) is 3.49. The topological polar surface area (TPSA) is 82.9 Å². The summed E-state index contributed by atoms with van der Waals surface area (Å²) in [6.07, 6.45) is -1.14. The van der Waals surface area contributed by atoms with Crippen LogP contribution in [0.4, 0.5) is 0 Å². The number of ether oxygens (including phenoxy) is 1. The lowest BCUT2D eigenvalue weighted by Gasteiger charge is -2.09. The fourth-order valence-corrected chi connectivity index (χ4v) is 1.33. The molecular formula is C13H16N2O3. The van der Waals surface area contributed by atoms with Gasteiger partial charge in [0.25, 0.3) is 0 Å². The number of benzene rings is 1. The zero-order chi connectivity index (χ0) is 13.5. The fraction of sp³-hybridized carbons (Fsp3) is 0.385. The van der Waals surface area contributed by atoms with E-state index < -0.39 is 12.1 Å². The predicted molar refractivity (Wildman–Crippen MR) is 65.7 cm³/mol. The summed E-state index contributed by atoms with van der Waals surface area (Å²) in [5, 5.41) is 9.66. The first kappa shape index (κ1) is 14.1. The molecule has 18 heavy (non-hydrogen) atoms. The highest BCUT2D eigenvalue weighted by Gasteiger charge is 2.33. The standard InChI is InChI=1S/C13H16N2O3/c1-9(2)12(16)11(15-14)13(17)18-8-10-6-4-3-5-7-10/h3-7,9,12,16H,8H2,1-2H3. The molecule has 0 saturated carbocycles. The van der Waals surface area contributed by atoms with Crippen molar-refractivity contribution in [2.24, 2.45) is 5.92 Å². The van der Waals surface area contributed by atoms with Gasteiger partial charge in [0.1, 0.15) is 6.61 Å². The van der Waals surface area contributed by atoms with Gasteiger partial charge in [-0.3, -0.25) is 0 Å². The molecule has 1 aromatic rings. The van der Waals surface area contributed by atoms with Crippen molar-refractivity contribution in [3.05, 3.63) is 41.4 Å². The summed E-state index contributed by atoms with van der Waals surface area (Å²) in [6, 6.07) is 9.12. The normalized spacial score (nSPS) is 11.8. The Hall–Kier alpha value is -1.97. The van der Waals surface area contributed by atoms with Crippen LogP contribution >= 0.6 is 0 Å². The van der Waals surface area contributed by atoms with Gasteiger partial charge in [-0.15, -0.1) is 0 Å². The second-order valence-electron chi connectivity index (χ2n) is 4.24. The summed E-state index contributed by atoms with van der Waals surface area (Å²) in [5.41, 5.74) is 9.19. The van der Waals surface area contributed by atoms with Crippen LogP contribution in [0, 0.1) is 5.92 Å². The molecule has 0 aliphatic heterocycles. The molecule has 0 spiro atoms. The average Bonchev–Trinajstić information content (AvgIpc) is 2.38. The number of aliphatic hydroxyl groups excluding tert-OH is 1. The minimum Gasteiger partial charge on any atom is -0.452 e. The molecule has 1 rings (SSSR count). The smallest absolute Gasteiger partial charge is 0.420 e. The lowest BCUT2D eigenvalue weighted by atomic mass is 10.0. The number of aliphatic hydroxyl groups is 1. The summed E-state index contributed by atoms with van der Waals surface area (Å²) >= 11 is 0. The molecule has 1 N–H and O–H groups in total. The van der Waals surface area contributed by atoms with Gasteiger partial charge < -0.3 is 15.4 Å². The van der Waals surface area contributed by atoms with Crippen molar-refractivity contribution < 1.29 is 19.4 Å². The van der Waals surface area contributed by atoms with Crippen LogP contribution in [-0.4, -0.2) is 27.7 Å². The number of nitrogens with zero attached hydrogens (tertiary/aromatic N) is 2. The van der Waals surface area contributed by atoms with E-state index in [0.29, 0.717) is 0 Å². The molecule has 0 aliphatic carbocycles. The summed E-state index contributed by atoms with van der Waals surface area (Å²) in [7, 11) is 0. The summed E-state index contributed by atoms with van der Waals surface area (Å²) in [4.78, 5) is 14.4. The third-order valence-corrected chi connectivity index (χ3v) is 2.44. The first-order valence-corrected chi connectivity index (χ1v) is 5.67. The molecular weight excluding hydrogens is 232 g/mol. The second-order valence-corrected chi connectivity index (χ2v) is 4.24. The highest BCUT2D eigenvalue weighted by Crippen LogP contribution is 2.05. The molecule has 0 radical (unpaired) electrons. The molecule has 5 nitrogen and oxygen atoms in total. The Balaban J connectivity index is 2.62. The third kappa shape index (κ3) is 3.80. The zero-order valence-corrected chi connectivity index (χ0v) is 10.4. The van der Waals surface area contributed by atoms with E-state index in [1.165, 1.54) is 0 Å². The lowest BCUT2D eigenvalue weighted by Crippen LogP contribution is -2.34. The van der Waals surface area contributed by atoms with Gasteiger partial charge in [-0.2, -0.15) is 4.79 Å². The molecule has 96 valence electrons. The molecule has 1 aromatic carbocycles. The van der Waals surface area contributed by atoms with Crippen LogP contribution in [0.3, 0.4) is 0 Å². The van der Waals surface area contributed by atoms with Gasteiger partial charge in [-0.1, -0.05) is 44.2 Å². The van der Waals surface area contributed by atoms with E-state index >= 15 is 0 Å². The van der Waals surface area contributed by atoms with E-state index in [2.05, 4.69) is 4.79 Å². The van der Waals surface area contributed by atoms with Crippen molar-refractivity contribution in [3.63, 3.8) is 0 Å².